The molecule has 0 radical (unpaired) electrons. The smallest absolute Gasteiger partial charge is 0.122 e. The monoisotopic (exact) mass is 369 g/mol. The lowest BCUT2D eigenvalue weighted by Crippen LogP contribution is -1.93. The largest absolute Gasteiger partial charge is 0.493 e. The van der Waals surface area contributed by atoms with Crippen molar-refractivity contribution in [2.45, 2.75) is 23.0 Å². The Kier molecular flexibility index (Phi) is 3.38. The van der Waals surface area contributed by atoms with Crippen LogP contribution in [0.5, 0.6) is 5.75 Å². The second kappa shape index (κ2) is 5.93. The number of rotatable bonds is 2. The van der Waals surface area contributed by atoms with Gasteiger partial charge in [-0.3, -0.25) is 0 Å². The number of H-pyrrole nitrogens is 1. The van der Waals surface area contributed by atoms with E-state index in [1.54, 1.807) is 0 Å². The molecule has 0 saturated carbocycles. The molecule has 0 aliphatic carbocycles. The summed E-state index contributed by atoms with van der Waals surface area (Å²) in [5.41, 5.74) is 7.82. The number of para-hydroxylation sites is 1. The zero-order chi connectivity index (χ0) is 17.8. The van der Waals surface area contributed by atoms with Gasteiger partial charge in [-0.05, 0) is 52.9 Å². The number of fused-ring (bicyclic) bond motifs is 3. The van der Waals surface area contributed by atoms with E-state index in [4.69, 9.17) is 4.74 Å². The summed E-state index contributed by atoms with van der Waals surface area (Å²) in [6.45, 7) is 0.824. The summed E-state index contributed by atoms with van der Waals surface area (Å²) < 4.78 is 5.77. The minimum absolute atomic E-state index is 0.479. The third kappa shape index (κ3) is 2.57. The van der Waals surface area contributed by atoms with Gasteiger partial charge >= 0.3 is 0 Å². The number of benzene rings is 3. The zero-order valence-corrected chi connectivity index (χ0v) is 15.7. The molecule has 0 fully saturated rings. The quantitative estimate of drug-likeness (QED) is 0.458. The van der Waals surface area contributed by atoms with Crippen LogP contribution in [0.3, 0.4) is 0 Å². The molecule has 132 valence electrons. The van der Waals surface area contributed by atoms with Crippen LogP contribution in [0.1, 0.15) is 21.9 Å². The van der Waals surface area contributed by atoms with Gasteiger partial charge in [-0.25, -0.2) is 0 Å². The Balaban J connectivity index is 1.32. The van der Waals surface area contributed by atoms with E-state index in [1.165, 1.54) is 43.7 Å². The van der Waals surface area contributed by atoms with E-state index in [-0.39, 0.29) is 0 Å². The molecule has 27 heavy (non-hydrogen) atoms. The van der Waals surface area contributed by atoms with E-state index < -0.39 is 0 Å². The highest BCUT2D eigenvalue weighted by Gasteiger charge is 2.25. The van der Waals surface area contributed by atoms with Crippen LogP contribution in [-0.2, 0) is 12.8 Å². The average molecular weight is 369 g/mol. The summed E-state index contributed by atoms with van der Waals surface area (Å²) >= 11 is 1.98. The number of hydrogen-bond acceptors (Lipinski definition) is 2. The second-order valence-corrected chi connectivity index (χ2v) is 8.61. The fraction of sp³-hybridized carbons (Fsp3) is 0.167. The Morgan fingerprint density at radius 3 is 2.81 bits per heavy atom. The molecule has 6 rings (SSSR count). The van der Waals surface area contributed by atoms with Crippen molar-refractivity contribution in [2.24, 2.45) is 0 Å². The Hall–Kier alpha value is -2.65. The lowest BCUT2D eigenvalue weighted by atomic mass is 10.0. The van der Waals surface area contributed by atoms with Crippen LogP contribution < -0.4 is 4.74 Å². The lowest BCUT2D eigenvalue weighted by Gasteiger charge is -2.10. The predicted molar refractivity (Wildman–Crippen MR) is 112 cm³/mol. The van der Waals surface area contributed by atoms with Crippen LogP contribution in [-0.4, -0.2) is 11.6 Å². The molecule has 2 aliphatic heterocycles. The first-order valence-electron chi connectivity index (χ1n) is 9.47. The van der Waals surface area contributed by atoms with Crippen LogP contribution in [0.2, 0.25) is 0 Å². The summed E-state index contributed by atoms with van der Waals surface area (Å²) in [7, 11) is 0. The van der Waals surface area contributed by atoms with E-state index in [0.717, 1.165) is 25.2 Å². The van der Waals surface area contributed by atoms with Gasteiger partial charge in [0.05, 0.1) is 6.61 Å². The van der Waals surface area contributed by atoms with Crippen molar-refractivity contribution in [3.05, 3.63) is 83.4 Å². The molecule has 3 heterocycles. The number of hydrogen-bond donors (Lipinski definition) is 1. The maximum absolute atomic E-state index is 5.77. The van der Waals surface area contributed by atoms with Crippen molar-refractivity contribution < 1.29 is 4.74 Å². The minimum Gasteiger partial charge on any atom is -0.493 e. The molecule has 3 heteroatoms. The first kappa shape index (κ1) is 15.4. The van der Waals surface area contributed by atoms with Crippen LogP contribution in [0.15, 0.2) is 71.6 Å². The van der Waals surface area contributed by atoms with Crippen molar-refractivity contribution in [3.8, 4) is 17.0 Å². The van der Waals surface area contributed by atoms with Gasteiger partial charge in [0.1, 0.15) is 5.75 Å². The number of ether oxygens (including phenoxy) is 1. The van der Waals surface area contributed by atoms with E-state index in [2.05, 4.69) is 71.7 Å². The van der Waals surface area contributed by atoms with Crippen LogP contribution in [0, 0.1) is 0 Å². The van der Waals surface area contributed by atoms with Crippen LogP contribution in [0.25, 0.3) is 22.2 Å². The number of nitrogens with one attached hydrogen (secondary N) is 1. The van der Waals surface area contributed by atoms with Crippen molar-refractivity contribution in [1.82, 2.24) is 4.98 Å². The molecule has 2 nitrogen and oxygen atoms in total. The molecule has 1 aromatic heterocycles. The third-order valence-corrected chi connectivity index (χ3v) is 7.03. The first-order valence-corrected chi connectivity index (χ1v) is 10.3. The molecule has 1 atom stereocenters. The molecule has 0 spiro atoms. The van der Waals surface area contributed by atoms with Gasteiger partial charge in [0.2, 0.25) is 0 Å². The topological polar surface area (TPSA) is 25.0 Å². The van der Waals surface area contributed by atoms with Crippen molar-refractivity contribution >= 4 is 22.7 Å². The molecule has 3 aromatic carbocycles. The van der Waals surface area contributed by atoms with Crippen LogP contribution >= 0.6 is 11.8 Å². The van der Waals surface area contributed by atoms with Crippen molar-refractivity contribution in [3.63, 3.8) is 0 Å². The molecule has 2 aliphatic rings. The SMILES string of the molecule is c1ccc2[nH]c(-c3ccc4c(c3)SC(c3ccc5c(c3)OCC5)C4)cc2c1. The molecule has 1 N–H and O–H groups in total. The molecule has 4 aromatic rings. The Labute approximate surface area is 162 Å². The Morgan fingerprint density at radius 1 is 0.926 bits per heavy atom. The fourth-order valence-electron chi connectivity index (χ4n) is 4.19. The molecular weight excluding hydrogens is 350 g/mol. The van der Waals surface area contributed by atoms with Crippen molar-refractivity contribution in [2.75, 3.05) is 6.61 Å². The average Bonchev–Trinajstić information content (AvgIpc) is 3.42. The highest BCUT2D eigenvalue weighted by molar-refractivity contribution is 7.99. The van der Waals surface area contributed by atoms with Crippen molar-refractivity contribution in [1.29, 1.82) is 0 Å². The van der Waals surface area contributed by atoms with E-state index >= 15 is 0 Å². The number of aromatic nitrogens is 1. The standard InChI is InChI=1S/C24H19NOS/c1-2-4-20-16(3-1)11-21(25-20)17-6-8-19-14-24(27-23(19)13-17)18-7-5-15-9-10-26-22(15)12-18/h1-8,11-13,24-25H,9-10,14H2. The first-order chi connectivity index (χ1) is 13.3. The summed E-state index contributed by atoms with van der Waals surface area (Å²) in [6.07, 6.45) is 2.13. The van der Waals surface area contributed by atoms with Gasteiger partial charge in [0.15, 0.2) is 0 Å². The molecule has 0 saturated heterocycles. The molecule has 0 bridgehead atoms. The number of aromatic amines is 1. The highest BCUT2D eigenvalue weighted by atomic mass is 32.2. The summed E-state index contributed by atoms with van der Waals surface area (Å²) in [4.78, 5) is 4.95. The highest BCUT2D eigenvalue weighted by Crippen LogP contribution is 2.48. The second-order valence-electron chi connectivity index (χ2n) is 7.37. The predicted octanol–water partition coefficient (Wildman–Crippen LogP) is 6.16. The summed E-state index contributed by atoms with van der Waals surface area (Å²) in [5.74, 6) is 1.09. The van der Waals surface area contributed by atoms with Gasteiger partial charge < -0.3 is 9.72 Å². The Bertz CT molecular complexity index is 1140. The van der Waals surface area contributed by atoms with Gasteiger partial charge in [0.25, 0.3) is 0 Å². The van der Waals surface area contributed by atoms with Gasteiger partial charge in [-0.1, -0.05) is 42.5 Å². The fourth-order valence-corrected chi connectivity index (χ4v) is 5.54. The normalized spacial score (nSPS) is 17.7. The van der Waals surface area contributed by atoms with E-state index in [0.29, 0.717) is 5.25 Å². The summed E-state index contributed by atoms with van der Waals surface area (Å²) in [5, 5.41) is 1.74. The molecule has 0 amide bonds. The maximum Gasteiger partial charge on any atom is 0.122 e. The van der Waals surface area contributed by atoms with Gasteiger partial charge in [0, 0.05) is 33.2 Å². The van der Waals surface area contributed by atoms with Gasteiger partial charge in [-0.2, -0.15) is 0 Å². The maximum atomic E-state index is 5.77. The third-order valence-electron chi connectivity index (χ3n) is 5.67. The number of thioether (sulfide) groups is 1. The van der Waals surface area contributed by atoms with E-state index in [1.807, 2.05) is 11.8 Å². The molecular formula is C24H19NOS. The van der Waals surface area contributed by atoms with Gasteiger partial charge in [-0.15, -0.1) is 11.8 Å². The summed E-state index contributed by atoms with van der Waals surface area (Å²) in [6, 6.07) is 24.4. The molecule has 1 unspecified atom stereocenters. The van der Waals surface area contributed by atoms with Crippen LogP contribution in [0.4, 0.5) is 0 Å². The lowest BCUT2D eigenvalue weighted by molar-refractivity contribution is 0.356. The Morgan fingerprint density at radius 2 is 1.85 bits per heavy atom. The zero-order valence-electron chi connectivity index (χ0n) is 14.9. The minimum atomic E-state index is 0.479. The van der Waals surface area contributed by atoms with E-state index in [9.17, 15) is 0 Å².